The summed E-state index contributed by atoms with van der Waals surface area (Å²) < 4.78 is 35.2. The molecule has 0 aromatic heterocycles. The number of benzene rings is 3. The van der Waals surface area contributed by atoms with Gasteiger partial charge in [0.15, 0.2) is 6.23 Å². The Kier molecular flexibility index (Phi) is 10.1. The van der Waals surface area contributed by atoms with Crippen molar-refractivity contribution in [1.82, 2.24) is 10.2 Å². The highest BCUT2D eigenvalue weighted by Gasteiger charge is 2.50. The predicted octanol–water partition coefficient (Wildman–Crippen LogP) is 3.07. The van der Waals surface area contributed by atoms with E-state index in [4.69, 9.17) is 28.4 Å². The van der Waals surface area contributed by atoms with Gasteiger partial charge in [-0.3, -0.25) is 15.0 Å². The second kappa shape index (κ2) is 14.2. The first-order chi connectivity index (χ1) is 21.4. The molecule has 4 atom stereocenters. The number of nitrogens with zero attached hydrogens (tertiary/aromatic N) is 1. The van der Waals surface area contributed by atoms with Crippen LogP contribution in [0.4, 0.5) is 4.79 Å². The van der Waals surface area contributed by atoms with Crippen molar-refractivity contribution in [2.45, 2.75) is 36.6 Å². The van der Waals surface area contributed by atoms with Crippen LogP contribution in [0.5, 0.6) is 11.5 Å². The Morgan fingerprint density at radius 3 is 2.00 bits per heavy atom. The Balaban J connectivity index is 1.52. The Labute approximate surface area is 256 Å². The molecule has 0 unspecified atom stereocenters. The highest BCUT2D eigenvalue weighted by Crippen LogP contribution is 2.42. The van der Waals surface area contributed by atoms with Gasteiger partial charge in [0.1, 0.15) is 35.4 Å². The third-order valence-electron chi connectivity index (χ3n) is 7.94. The van der Waals surface area contributed by atoms with Crippen LogP contribution in [0.15, 0.2) is 78.9 Å². The summed E-state index contributed by atoms with van der Waals surface area (Å²) in [6, 6.07) is 24.4. The lowest BCUT2D eigenvalue weighted by molar-refractivity contribution is -0.130. The van der Waals surface area contributed by atoms with E-state index < -0.39 is 36.2 Å². The number of ether oxygens (including phenoxy) is 6. The Hall–Kier alpha value is -4.00. The van der Waals surface area contributed by atoms with Crippen molar-refractivity contribution in [2.24, 2.45) is 0 Å². The van der Waals surface area contributed by atoms with Crippen LogP contribution in [0.2, 0.25) is 0 Å². The van der Waals surface area contributed by atoms with Crippen LogP contribution >= 0.6 is 0 Å². The van der Waals surface area contributed by atoms with Gasteiger partial charge in [-0.15, -0.1) is 0 Å². The van der Waals surface area contributed by atoms with Crippen molar-refractivity contribution in [1.29, 1.82) is 0 Å². The Bertz CT molecular complexity index is 1340. The second-order valence-electron chi connectivity index (χ2n) is 10.5. The van der Waals surface area contributed by atoms with Crippen LogP contribution in [-0.4, -0.2) is 94.2 Å². The summed E-state index contributed by atoms with van der Waals surface area (Å²) in [6.07, 6.45) is -3.76. The van der Waals surface area contributed by atoms with E-state index in [1.165, 1.54) is 4.90 Å². The van der Waals surface area contributed by atoms with E-state index in [-0.39, 0.29) is 38.7 Å². The van der Waals surface area contributed by atoms with Crippen LogP contribution in [0.25, 0.3) is 0 Å². The molecule has 44 heavy (non-hydrogen) atoms. The molecule has 2 aliphatic heterocycles. The van der Waals surface area contributed by atoms with E-state index >= 15 is 0 Å². The lowest BCUT2D eigenvalue weighted by atomic mass is 9.80. The van der Waals surface area contributed by atoms with E-state index in [9.17, 15) is 14.7 Å². The summed E-state index contributed by atoms with van der Waals surface area (Å²) in [4.78, 5) is 26.0. The average Bonchev–Trinajstić information content (AvgIpc) is 3.36. The van der Waals surface area contributed by atoms with E-state index in [0.717, 1.165) is 16.7 Å². The molecule has 3 amide bonds. The summed E-state index contributed by atoms with van der Waals surface area (Å²) in [6.45, 7) is 0.522. The molecule has 234 valence electrons. The summed E-state index contributed by atoms with van der Waals surface area (Å²) in [5.74, 6) is 1.02. The first-order valence-corrected chi connectivity index (χ1v) is 14.4. The van der Waals surface area contributed by atoms with Gasteiger partial charge < -0.3 is 33.5 Å². The first-order valence-electron chi connectivity index (χ1n) is 14.4. The number of urea groups is 1. The fourth-order valence-electron chi connectivity index (χ4n) is 5.66. The molecule has 0 radical (unpaired) electrons. The number of aliphatic hydroxyl groups is 1. The Morgan fingerprint density at radius 2 is 1.45 bits per heavy atom. The van der Waals surface area contributed by atoms with Crippen LogP contribution < -0.4 is 14.8 Å². The molecular weight excluding hydrogens is 568 g/mol. The maximum absolute atomic E-state index is 12.8. The lowest BCUT2D eigenvalue weighted by Gasteiger charge is -2.37. The van der Waals surface area contributed by atoms with Gasteiger partial charge in [-0.2, -0.15) is 0 Å². The molecule has 0 saturated carbocycles. The zero-order valence-corrected chi connectivity index (χ0v) is 25.0. The van der Waals surface area contributed by atoms with Crippen molar-refractivity contribution in [2.75, 3.05) is 47.7 Å². The molecule has 11 nitrogen and oxygen atoms in total. The lowest BCUT2D eigenvalue weighted by Crippen LogP contribution is -2.57. The molecule has 2 N–H and O–H groups in total. The SMILES string of the molecule is COCCO[C@@H]1[C@H](O)[C@@H](COC(c2ccccc2)(c2ccc(OC)cc2)c2ccc(OC)cc2)O[C@H]1N1CCC(=O)NC1=O. The minimum absolute atomic E-state index is 0.0663. The molecule has 2 aliphatic rings. The number of hydrogen-bond acceptors (Lipinski definition) is 9. The van der Waals surface area contributed by atoms with Crippen LogP contribution in [0.3, 0.4) is 0 Å². The van der Waals surface area contributed by atoms with Gasteiger partial charge >= 0.3 is 6.03 Å². The number of imide groups is 1. The minimum atomic E-state index is -1.15. The smallest absolute Gasteiger partial charge is 0.326 e. The maximum Gasteiger partial charge on any atom is 0.326 e. The second-order valence-corrected chi connectivity index (χ2v) is 10.5. The van der Waals surface area contributed by atoms with Crippen LogP contribution in [0.1, 0.15) is 23.1 Å². The molecule has 11 heteroatoms. The van der Waals surface area contributed by atoms with Gasteiger partial charge in [0.2, 0.25) is 5.91 Å². The molecule has 5 rings (SSSR count). The zero-order chi connectivity index (χ0) is 31.1. The Morgan fingerprint density at radius 1 is 0.864 bits per heavy atom. The molecule has 0 spiro atoms. The normalized spacial score (nSPS) is 22.1. The van der Waals surface area contributed by atoms with Gasteiger partial charge in [0, 0.05) is 20.1 Å². The number of rotatable bonds is 13. The summed E-state index contributed by atoms with van der Waals surface area (Å²) in [7, 11) is 4.76. The molecule has 2 fully saturated rings. The number of hydrogen-bond donors (Lipinski definition) is 2. The summed E-state index contributed by atoms with van der Waals surface area (Å²) in [5.41, 5.74) is 1.35. The van der Waals surface area contributed by atoms with E-state index in [1.54, 1.807) is 21.3 Å². The molecule has 0 bridgehead atoms. The first kappa shape index (κ1) is 31.4. The predicted molar refractivity (Wildman–Crippen MR) is 159 cm³/mol. The third-order valence-corrected chi connectivity index (χ3v) is 7.94. The third kappa shape index (κ3) is 6.42. The van der Waals surface area contributed by atoms with Crippen molar-refractivity contribution >= 4 is 11.9 Å². The standard InChI is InChI=1S/C33H38N2O9/c1-39-19-20-42-30-29(37)27(44-31(30)35-18-17-28(36)34-32(35)38)21-43-33(22-7-5-4-6-8-22,23-9-13-25(40-2)14-10-23)24-11-15-26(41-3)16-12-24/h4-16,27,29-31,37H,17-21H2,1-3H3,(H,34,36,38)/t27-,29-,30-,31-/m1/s1. The topological polar surface area (TPSA) is 125 Å². The minimum Gasteiger partial charge on any atom is -0.497 e. The van der Waals surface area contributed by atoms with E-state index in [2.05, 4.69) is 5.32 Å². The number of nitrogens with one attached hydrogen (secondary N) is 1. The monoisotopic (exact) mass is 606 g/mol. The number of amides is 3. The van der Waals surface area contributed by atoms with Crippen molar-refractivity contribution in [3.8, 4) is 11.5 Å². The van der Waals surface area contributed by atoms with Gasteiger partial charge in [0.05, 0.1) is 34.0 Å². The summed E-state index contributed by atoms with van der Waals surface area (Å²) >= 11 is 0. The fraction of sp³-hybridized carbons (Fsp3) is 0.394. The summed E-state index contributed by atoms with van der Waals surface area (Å²) in [5, 5.41) is 13.8. The maximum atomic E-state index is 12.8. The number of aliphatic hydroxyl groups excluding tert-OH is 1. The van der Waals surface area contributed by atoms with Crippen molar-refractivity contribution in [3.63, 3.8) is 0 Å². The molecule has 3 aromatic carbocycles. The zero-order valence-electron chi connectivity index (χ0n) is 25.0. The van der Waals surface area contributed by atoms with Gasteiger partial charge in [-0.05, 0) is 41.0 Å². The number of carbonyl (C=O) groups excluding carboxylic acids is 2. The van der Waals surface area contributed by atoms with E-state index in [1.807, 2.05) is 78.9 Å². The largest absolute Gasteiger partial charge is 0.497 e. The number of carbonyl (C=O) groups is 2. The molecular formula is C33H38N2O9. The van der Waals surface area contributed by atoms with Crippen molar-refractivity contribution in [3.05, 3.63) is 95.6 Å². The average molecular weight is 607 g/mol. The highest BCUT2D eigenvalue weighted by molar-refractivity contribution is 5.96. The number of methoxy groups -OCH3 is 3. The highest BCUT2D eigenvalue weighted by atomic mass is 16.6. The van der Waals surface area contributed by atoms with Crippen molar-refractivity contribution < 1.29 is 43.1 Å². The molecule has 2 saturated heterocycles. The quantitative estimate of drug-likeness (QED) is 0.223. The molecule has 2 heterocycles. The van der Waals surface area contributed by atoms with Crippen LogP contribution in [-0.2, 0) is 29.3 Å². The van der Waals surface area contributed by atoms with Gasteiger partial charge in [-0.1, -0.05) is 54.6 Å². The van der Waals surface area contributed by atoms with Crippen LogP contribution in [0, 0.1) is 0 Å². The van der Waals surface area contributed by atoms with Gasteiger partial charge in [-0.25, -0.2) is 4.79 Å². The van der Waals surface area contributed by atoms with E-state index in [0.29, 0.717) is 11.5 Å². The van der Waals surface area contributed by atoms with Gasteiger partial charge in [0.25, 0.3) is 0 Å². The molecule has 3 aromatic rings. The molecule has 0 aliphatic carbocycles. The fourth-order valence-corrected chi connectivity index (χ4v) is 5.66.